The summed E-state index contributed by atoms with van der Waals surface area (Å²) in [4.78, 5) is 34.2. The topological polar surface area (TPSA) is 78.1 Å². The third kappa shape index (κ3) is 3.48. The lowest BCUT2D eigenvalue weighted by molar-refractivity contribution is -0.118. The maximum atomic E-state index is 12.7. The van der Waals surface area contributed by atoms with Crippen LogP contribution in [0.3, 0.4) is 0 Å². The Morgan fingerprint density at radius 1 is 1.15 bits per heavy atom. The summed E-state index contributed by atoms with van der Waals surface area (Å²) in [7, 11) is 0. The molecule has 1 spiro atoms. The number of imidazole rings is 1. The summed E-state index contributed by atoms with van der Waals surface area (Å²) in [6.07, 6.45) is 4.35. The van der Waals surface area contributed by atoms with Gasteiger partial charge in [-0.25, -0.2) is 4.98 Å². The van der Waals surface area contributed by atoms with Crippen LogP contribution in [0.2, 0.25) is 0 Å². The van der Waals surface area contributed by atoms with Gasteiger partial charge < -0.3 is 15.2 Å². The maximum absolute atomic E-state index is 12.7. The van der Waals surface area contributed by atoms with Gasteiger partial charge in [0.15, 0.2) is 5.82 Å². The Labute approximate surface area is 159 Å². The summed E-state index contributed by atoms with van der Waals surface area (Å²) >= 11 is 0. The first-order valence-electron chi connectivity index (χ1n) is 9.56. The van der Waals surface area contributed by atoms with Crippen molar-refractivity contribution in [2.45, 2.75) is 40.0 Å². The molecule has 0 bridgehead atoms. The lowest BCUT2D eigenvalue weighted by atomic mass is 9.90. The van der Waals surface area contributed by atoms with Crippen molar-refractivity contribution >= 4 is 17.5 Å². The second kappa shape index (κ2) is 6.51. The normalized spacial score (nSPS) is 20.6. The van der Waals surface area contributed by atoms with Crippen LogP contribution in [0, 0.1) is 32.1 Å². The fourth-order valence-corrected chi connectivity index (χ4v) is 4.37. The SMILES string of the molecule is Cc1cc(C)cc(NC(=O)C2CC23CCN(C(=O)c2ncc(C)[nH]2)CC3)c1. The van der Waals surface area contributed by atoms with Gasteiger partial charge in [-0.05, 0) is 68.7 Å². The maximum Gasteiger partial charge on any atom is 0.289 e. The van der Waals surface area contributed by atoms with Crippen LogP contribution >= 0.6 is 0 Å². The van der Waals surface area contributed by atoms with Crippen LogP contribution in [-0.4, -0.2) is 39.8 Å². The number of H-pyrrole nitrogens is 1. The largest absolute Gasteiger partial charge is 0.338 e. The molecule has 2 fully saturated rings. The lowest BCUT2D eigenvalue weighted by Crippen LogP contribution is -2.40. The molecule has 2 aromatic rings. The third-order valence-corrected chi connectivity index (χ3v) is 5.95. The van der Waals surface area contributed by atoms with Crippen LogP contribution in [0.25, 0.3) is 0 Å². The van der Waals surface area contributed by atoms with Crippen molar-refractivity contribution in [3.63, 3.8) is 0 Å². The Morgan fingerprint density at radius 3 is 2.41 bits per heavy atom. The number of aromatic nitrogens is 2. The number of likely N-dealkylation sites (tertiary alicyclic amines) is 1. The number of aryl methyl sites for hydroxylation is 3. The van der Waals surface area contributed by atoms with E-state index in [1.165, 1.54) is 0 Å². The molecule has 1 saturated carbocycles. The van der Waals surface area contributed by atoms with Crippen LogP contribution in [-0.2, 0) is 4.79 Å². The summed E-state index contributed by atoms with van der Waals surface area (Å²) in [5.74, 6) is 0.529. The summed E-state index contributed by atoms with van der Waals surface area (Å²) < 4.78 is 0. The molecular weight excluding hydrogens is 340 g/mol. The molecule has 1 aromatic carbocycles. The van der Waals surface area contributed by atoms with Crippen molar-refractivity contribution in [3.05, 3.63) is 47.0 Å². The van der Waals surface area contributed by atoms with Gasteiger partial charge >= 0.3 is 0 Å². The first-order valence-corrected chi connectivity index (χ1v) is 9.56. The van der Waals surface area contributed by atoms with E-state index >= 15 is 0 Å². The fourth-order valence-electron chi connectivity index (χ4n) is 4.37. The number of amides is 2. The molecule has 2 aliphatic rings. The summed E-state index contributed by atoms with van der Waals surface area (Å²) in [6, 6.07) is 6.11. The highest BCUT2D eigenvalue weighted by Gasteiger charge is 2.58. The van der Waals surface area contributed by atoms with E-state index in [2.05, 4.69) is 21.4 Å². The number of nitrogens with zero attached hydrogens (tertiary/aromatic N) is 2. The molecule has 27 heavy (non-hydrogen) atoms. The molecule has 2 amide bonds. The Balaban J connectivity index is 1.34. The fraction of sp³-hybridized carbons (Fsp3) is 0.476. The number of carbonyl (C=O) groups is 2. The molecule has 1 saturated heterocycles. The van der Waals surface area contributed by atoms with Crippen molar-refractivity contribution in [3.8, 4) is 0 Å². The molecule has 1 aliphatic carbocycles. The predicted molar refractivity (Wildman–Crippen MR) is 104 cm³/mol. The second-order valence-electron chi connectivity index (χ2n) is 8.19. The molecule has 1 unspecified atom stereocenters. The minimum atomic E-state index is -0.0464. The van der Waals surface area contributed by atoms with Crippen molar-refractivity contribution < 1.29 is 9.59 Å². The number of hydrogen-bond acceptors (Lipinski definition) is 3. The molecule has 142 valence electrons. The van der Waals surface area contributed by atoms with Crippen LogP contribution in [0.4, 0.5) is 5.69 Å². The number of aromatic amines is 1. The van der Waals surface area contributed by atoms with E-state index in [0.717, 1.165) is 41.8 Å². The van der Waals surface area contributed by atoms with E-state index < -0.39 is 0 Å². The highest BCUT2D eigenvalue weighted by Crippen LogP contribution is 2.59. The number of anilines is 1. The molecule has 1 aliphatic heterocycles. The van der Waals surface area contributed by atoms with Crippen molar-refractivity contribution in [2.24, 2.45) is 11.3 Å². The zero-order chi connectivity index (χ0) is 19.2. The number of nitrogens with one attached hydrogen (secondary N) is 2. The zero-order valence-electron chi connectivity index (χ0n) is 16.1. The van der Waals surface area contributed by atoms with Gasteiger partial charge in [0.2, 0.25) is 5.91 Å². The molecule has 4 rings (SSSR count). The van der Waals surface area contributed by atoms with Gasteiger partial charge in [-0.3, -0.25) is 9.59 Å². The Bertz CT molecular complexity index is 873. The minimum absolute atomic E-state index is 0.0464. The standard InChI is InChI=1S/C21H26N4O2/c1-13-8-14(2)10-16(9-13)24-19(26)17-11-21(17)4-6-25(7-5-21)20(27)18-22-12-15(3)23-18/h8-10,12,17H,4-7,11H2,1-3H3,(H,22,23)(H,24,26). The number of benzene rings is 1. The van der Waals surface area contributed by atoms with E-state index in [0.29, 0.717) is 18.9 Å². The van der Waals surface area contributed by atoms with E-state index in [1.807, 2.05) is 37.8 Å². The lowest BCUT2D eigenvalue weighted by Gasteiger charge is -2.32. The van der Waals surface area contributed by atoms with Gasteiger partial charge in [0.1, 0.15) is 0 Å². The Hall–Kier alpha value is -2.63. The number of hydrogen-bond donors (Lipinski definition) is 2. The molecule has 2 heterocycles. The third-order valence-electron chi connectivity index (χ3n) is 5.95. The molecule has 0 radical (unpaired) electrons. The average Bonchev–Trinajstić information content (AvgIpc) is 3.13. The highest BCUT2D eigenvalue weighted by molar-refractivity contribution is 5.95. The average molecular weight is 366 g/mol. The summed E-state index contributed by atoms with van der Waals surface area (Å²) in [5.41, 5.74) is 4.13. The Kier molecular flexibility index (Phi) is 4.29. The molecule has 2 N–H and O–H groups in total. The smallest absolute Gasteiger partial charge is 0.289 e. The Morgan fingerprint density at radius 2 is 1.81 bits per heavy atom. The van der Waals surface area contributed by atoms with Gasteiger partial charge in [0.25, 0.3) is 5.91 Å². The van der Waals surface area contributed by atoms with Crippen LogP contribution in [0.5, 0.6) is 0 Å². The first kappa shape index (κ1) is 17.8. The molecule has 6 nitrogen and oxygen atoms in total. The van der Waals surface area contributed by atoms with Crippen LogP contribution < -0.4 is 5.32 Å². The van der Waals surface area contributed by atoms with Gasteiger partial charge in [-0.1, -0.05) is 6.07 Å². The summed E-state index contributed by atoms with van der Waals surface area (Å²) in [5, 5.41) is 3.09. The predicted octanol–water partition coefficient (Wildman–Crippen LogP) is 3.22. The number of piperidine rings is 1. The van der Waals surface area contributed by atoms with Crippen molar-refractivity contribution in [2.75, 3.05) is 18.4 Å². The quantitative estimate of drug-likeness (QED) is 0.875. The van der Waals surface area contributed by atoms with Crippen LogP contribution in [0.15, 0.2) is 24.4 Å². The zero-order valence-corrected chi connectivity index (χ0v) is 16.1. The van der Waals surface area contributed by atoms with Gasteiger partial charge in [0.05, 0.1) is 0 Å². The van der Waals surface area contributed by atoms with Gasteiger partial charge in [-0.2, -0.15) is 0 Å². The van der Waals surface area contributed by atoms with Crippen molar-refractivity contribution in [1.82, 2.24) is 14.9 Å². The van der Waals surface area contributed by atoms with Gasteiger partial charge in [-0.15, -0.1) is 0 Å². The molecule has 6 heteroatoms. The minimum Gasteiger partial charge on any atom is -0.338 e. The van der Waals surface area contributed by atoms with Crippen molar-refractivity contribution in [1.29, 1.82) is 0 Å². The first-order chi connectivity index (χ1) is 12.9. The monoisotopic (exact) mass is 366 g/mol. The van der Waals surface area contributed by atoms with Gasteiger partial charge in [0, 0.05) is 36.6 Å². The summed E-state index contributed by atoms with van der Waals surface area (Å²) in [6.45, 7) is 7.33. The van der Waals surface area contributed by atoms with E-state index in [4.69, 9.17) is 0 Å². The molecule has 1 aromatic heterocycles. The number of rotatable bonds is 3. The van der Waals surface area contributed by atoms with Crippen LogP contribution in [0.1, 0.15) is 46.7 Å². The highest BCUT2D eigenvalue weighted by atomic mass is 16.2. The van der Waals surface area contributed by atoms with E-state index in [9.17, 15) is 9.59 Å². The number of carbonyl (C=O) groups excluding carboxylic acids is 2. The molecule has 1 atom stereocenters. The second-order valence-corrected chi connectivity index (χ2v) is 8.19. The van der Waals surface area contributed by atoms with E-state index in [1.54, 1.807) is 6.20 Å². The van der Waals surface area contributed by atoms with E-state index in [-0.39, 0.29) is 23.1 Å². The molecular formula is C21H26N4O2.